The first-order valence-electron chi connectivity index (χ1n) is 10.0. The van der Waals surface area contributed by atoms with E-state index in [0.717, 1.165) is 30.6 Å². The standard InChI is InChI=1S/C23H30N6/c1-5-19-11-13-21(14-12-19)17-28(3)23(24-15-20-9-7-6-8-10-20)25-16-22-27-26-18(2)29(22)4/h6-14H,5,15-17H2,1-4H3,(H,24,25). The van der Waals surface area contributed by atoms with Crippen molar-refractivity contribution in [3.05, 3.63) is 82.9 Å². The molecule has 1 N–H and O–H groups in total. The van der Waals surface area contributed by atoms with Crippen molar-refractivity contribution in [1.29, 1.82) is 0 Å². The molecule has 0 radical (unpaired) electrons. The highest BCUT2D eigenvalue weighted by molar-refractivity contribution is 5.79. The Balaban J connectivity index is 1.73. The fraction of sp³-hybridized carbons (Fsp3) is 0.348. The van der Waals surface area contributed by atoms with Crippen molar-refractivity contribution in [1.82, 2.24) is 25.0 Å². The molecule has 29 heavy (non-hydrogen) atoms. The molecule has 0 fully saturated rings. The molecule has 2 aromatic carbocycles. The molecule has 0 aliphatic rings. The van der Waals surface area contributed by atoms with Gasteiger partial charge in [0, 0.05) is 20.6 Å². The first kappa shape index (κ1) is 20.6. The minimum atomic E-state index is 0.573. The second-order valence-corrected chi connectivity index (χ2v) is 7.23. The van der Waals surface area contributed by atoms with E-state index < -0.39 is 0 Å². The van der Waals surface area contributed by atoms with Crippen LogP contribution in [0.15, 0.2) is 59.6 Å². The maximum Gasteiger partial charge on any atom is 0.194 e. The number of aromatic nitrogens is 3. The molecule has 1 aromatic heterocycles. The Kier molecular flexibility index (Phi) is 7.00. The Morgan fingerprint density at radius 2 is 1.69 bits per heavy atom. The number of nitrogens with zero attached hydrogens (tertiary/aromatic N) is 5. The molecule has 3 aromatic rings. The third-order valence-electron chi connectivity index (χ3n) is 5.05. The van der Waals surface area contributed by atoms with Crippen LogP contribution in [0, 0.1) is 6.92 Å². The van der Waals surface area contributed by atoms with Crippen LogP contribution in [-0.4, -0.2) is 32.7 Å². The average Bonchev–Trinajstić information content (AvgIpc) is 3.07. The molecule has 0 bridgehead atoms. The quantitative estimate of drug-likeness (QED) is 0.496. The molecular weight excluding hydrogens is 360 g/mol. The lowest BCUT2D eigenvalue weighted by atomic mass is 10.1. The van der Waals surface area contributed by atoms with Gasteiger partial charge in [-0.2, -0.15) is 0 Å². The molecule has 0 saturated carbocycles. The number of hydrogen-bond acceptors (Lipinski definition) is 3. The summed E-state index contributed by atoms with van der Waals surface area (Å²) in [5.41, 5.74) is 3.79. The number of aliphatic imine (C=N–C) groups is 1. The van der Waals surface area contributed by atoms with Gasteiger partial charge in [0.15, 0.2) is 11.8 Å². The summed E-state index contributed by atoms with van der Waals surface area (Å²) in [5.74, 6) is 2.62. The van der Waals surface area contributed by atoms with Crippen molar-refractivity contribution in [2.45, 2.75) is 39.9 Å². The second kappa shape index (κ2) is 9.87. The van der Waals surface area contributed by atoms with Gasteiger partial charge in [-0.05, 0) is 30.0 Å². The van der Waals surface area contributed by atoms with Gasteiger partial charge < -0.3 is 14.8 Å². The van der Waals surface area contributed by atoms with Crippen LogP contribution in [0.3, 0.4) is 0 Å². The molecule has 0 unspecified atom stereocenters. The van der Waals surface area contributed by atoms with Crippen LogP contribution in [0.1, 0.15) is 35.3 Å². The van der Waals surface area contributed by atoms with Gasteiger partial charge in [0.2, 0.25) is 0 Å². The van der Waals surface area contributed by atoms with Gasteiger partial charge in [0.1, 0.15) is 5.82 Å². The van der Waals surface area contributed by atoms with E-state index in [1.807, 2.05) is 36.7 Å². The number of aryl methyl sites for hydroxylation is 2. The predicted molar refractivity (Wildman–Crippen MR) is 117 cm³/mol. The van der Waals surface area contributed by atoms with Crippen molar-refractivity contribution in [2.75, 3.05) is 7.05 Å². The fourth-order valence-corrected chi connectivity index (χ4v) is 3.05. The molecule has 152 valence electrons. The zero-order chi connectivity index (χ0) is 20.6. The fourth-order valence-electron chi connectivity index (χ4n) is 3.05. The summed E-state index contributed by atoms with van der Waals surface area (Å²) in [6.07, 6.45) is 1.05. The van der Waals surface area contributed by atoms with E-state index in [1.165, 1.54) is 16.7 Å². The second-order valence-electron chi connectivity index (χ2n) is 7.23. The number of rotatable bonds is 7. The largest absolute Gasteiger partial charge is 0.349 e. The van der Waals surface area contributed by atoms with Gasteiger partial charge in [0.05, 0.1) is 13.1 Å². The van der Waals surface area contributed by atoms with Crippen LogP contribution in [0.25, 0.3) is 0 Å². The first-order chi connectivity index (χ1) is 14.1. The highest BCUT2D eigenvalue weighted by Crippen LogP contribution is 2.09. The molecule has 1 heterocycles. The number of nitrogens with one attached hydrogen (secondary N) is 1. The monoisotopic (exact) mass is 390 g/mol. The van der Waals surface area contributed by atoms with Crippen LogP contribution in [0.4, 0.5) is 0 Å². The third-order valence-corrected chi connectivity index (χ3v) is 5.05. The van der Waals surface area contributed by atoms with Crippen LogP contribution in [-0.2, 0) is 33.1 Å². The van der Waals surface area contributed by atoms with E-state index in [-0.39, 0.29) is 0 Å². The van der Waals surface area contributed by atoms with Crippen LogP contribution < -0.4 is 5.32 Å². The summed E-state index contributed by atoms with van der Waals surface area (Å²) in [4.78, 5) is 7.00. The summed E-state index contributed by atoms with van der Waals surface area (Å²) in [7, 11) is 4.04. The topological polar surface area (TPSA) is 58.3 Å². The normalized spacial score (nSPS) is 11.5. The average molecular weight is 391 g/mol. The van der Waals surface area contributed by atoms with Gasteiger partial charge in [-0.15, -0.1) is 10.2 Å². The molecule has 0 amide bonds. The van der Waals surface area contributed by atoms with Gasteiger partial charge in [0.25, 0.3) is 0 Å². The highest BCUT2D eigenvalue weighted by atomic mass is 15.3. The molecular formula is C23H30N6. The van der Waals surface area contributed by atoms with Crippen molar-refractivity contribution in [3.8, 4) is 0 Å². The van der Waals surface area contributed by atoms with E-state index in [9.17, 15) is 0 Å². The molecule has 0 spiro atoms. The summed E-state index contributed by atoms with van der Waals surface area (Å²) in [6.45, 7) is 6.10. The van der Waals surface area contributed by atoms with Crippen molar-refractivity contribution in [3.63, 3.8) is 0 Å². The Labute approximate surface area is 173 Å². The van der Waals surface area contributed by atoms with Crippen molar-refractivity contribution < 1.29 is 0 Å². The Morgan fingerprint density at radius 1 is 1.00 bits per heavy atom. The van der Waals surface area contributed by atoms with Gasteiger partial charge in [-0.3, -0.25) is 0 Å². The van der Waals surface area contributed by atoms with Gasteiger partial charge in [-0.25, -0.2) is 4.99 Å². The van der Waals surface area contributed by atoms with Crippen molar-refractivity contribution in [2.24, 2.45) is 12.0 Å². The molecule has 0 aliphatic heterocycles. The van der Waals surface area contributed by atoms with E-state index in [0.29, 0.717) is 13.1 Å². The molecule has 0 saturated heterocycles. The van der Waals surface area contributed by atoms with E-state index in [1.54, 1.807) is 0 Å². The SMILES string of the molecule is CCc1ccc(CN(C)C(=NCc2ccccc2)NCc2nnc(C)n2C)cc1. The van der Waals surface area contributed by atoms with E-state index in [2.05, 4.69) is 70.8 Å². The smallest absolute Gasteiger partial charge is 0.194 e. The molecule has 0 atom stereocenters. The molecule has 0 aliphatic carbocycles. The lowest BCUT2D eigenvalue weighted by Gasteiger charge is -2.23. The highest BCUT2D eigenvalue weighted by Gasteiger charge is 2.11. The maximum absolute atomic E-state index is 4.85. The minimum absolute atomic E-state index is 0.573. The Morgan fingerprint density at radius 3 is 2.31 bits per heavy atom. The predicted octanol–water partition coefficient (Wildman–Crippen LogP) is 3.46. The molecule has 6 heteroatoms. The van der Waals surface area contributed by atoms with Crippen molar-refractivity contribution >= 4 is 5.96 Å². The summed E-state index contributed by atoms with van der Waals surface area (Å²) in [5, 5.41) is 11.8. The third kappa shape index (κ3) is 5.67. The van der Waals surface area contributed by atoms with E-state index >= 15 is 0 Å². The lowest BCUT2D eigenvalue weighted by Crippen LogP contribution is -2.38. The van der Waals surface area contributed by atoms with Crippen LogP contribution >= 0.6 is 0 Å². The number of benzene rings is 2. The summed E-state index contributed by atoms with van der Waals surface area (Å²) < 4.78 is 1.99. The first-order valence-corrected chi connectivity index (χ1v) is 10.0. The van der Waals surface area contributed by atoms with Gasteiger partial charge >= 0.3 is 0 Å². The van der Waals surface area contributed by atoms with Gasteiger partial charge in [-0.1, -0.05) is 61.5 Å². The number of guanidine groups is 1. The lowest BCUT2D eigenvalue weighted by molar-refractivity contribution is 0.472. The molecule has 6 nitrogen and oxygen atoms in total. The zero-order valence-electron chi connectivity index (χ0n) is 17.8. The van der Waals surface area contributed by atoms with Crippen LogP contribution in [0.2, 0.25) is 0 Å². The molecule has 3 rings (SSSR count). The van der Waals surface area contributed by atoms with E-state index in [4.69, 9.17) is 4.99 Å². The maximum atomic E-state index is 4.85. The van der Waals surface area contributed by atoms with Crippen LogP contribution in [0.5, 0.6) is 0 Å². The Hall–Kier alpha value is -3.15. The number of hydrogen-bond donors (Lipinski definition) is 1. The minimum Gasteiger partial charge on any atom is -0.349 e. The summed E-state index contributed by atoms with van der Waals surface area (Å²) in [6, 6.07) is 19.1. The Bertz CT molecular complexity index is 928. The summed E-state index contributed by atoms with van der Waals surface area (Å²) >= 11 is 0. The zero-order valence-corrected chi connectivity index (χ0v) is 17.8.